The van der Waals surface area contributed by atoms with Crippen LogP contribution in [0.15, 0.2) is 18.2 Å². The van der Waals surface area contributed by atoms with Gasteiger partial charge in [0.05, 0.1) is 12.0 Å². The Morgan fingerprint density at radius 1 is 1.18 bits per heavy atom. The first-order valence-corrected chi connectivity index (χ1v) is 9.67. The molecule has 2 heterocycles. The molecule has 0 saturated carbocycles. The Bertz CT molecular complexity index is 766. The monoisotopic (exact) mass is 395 g/mol. The van der Waals surface area contributed by atoms with Crippen LogP contribution in [0, 0.1) is 17.0 Å². The van der Waals surface area contributed by atoms with Crippen molar-refractivity contribution in [2.75, 3.05) is 0 Å². The maximum absolute atomic E-state index is 14.0. The van der Waals surface area contributed by atoms with E-state index in [0.717, 1.165) is 18.9 Å². The second-order valence-corrected chi connectivity index (χ2v) is 9.14. The quantitative estimate of drug-likeness (QED) is 0.775. The van der Waals surface area contributed by atoms with E-state index < -0.39 is 28.6 Å². The third-order valence-corrected chi connectivity index (χ3v) is 5.93. The zero-order valence-corrected chi connectivity index (χ0v) is 16.3. The molecule has 1 amide bonds. The van der Waals surface area contributed by atoms with Crippen molar-refractivity contribution < 1.29 is 28.6 Å². The molecule has 0 aliphatic carbocycles. The summed E-state index contributed by atoms with van der Waals surface area (Å²) in [6.45, 7) is 3.52. The minimum atomic E-state index is -1.14. The van der Waals surface area contributed by atoms with Crippen LogP contribution in [0.2, 0.25) is 0 Å². The van der Waals surface area contributed by atoms with Gasteiger partial charge in [-0.1, -0.05) is 19.9 Å². The number of carboxylic acids is 1. The lowest BCUT2D eigenvalue weighted by Crippen LogP contribution is -2.54. The van der Waals surface area contributed by atoms with Crippen LogP contribution in [0.5, 0.6) is 0 Å². The molecule has 2 saturated heterocycles. The molecule has 7 heteroatoms. The molecule has 2 unspecified atom stereocenters. The predicted octanol–water partition coefficient (Wildman–Crippen LogP) is 3.28. The molecule has 28 heavy (non-hydrogen) atoms. The highest BCUT2D eigenvalue weighted by molar-refractivity contribution is 5.79. The van der Waals surface area contributed by atoms with E-state index in [0.29, 0.717) is 12.8 Å². The molecule has 0 spiro atoms. The van der Waals surface area contributed by atoms with Crippen LogP contribution >= 0.6 is 0 Å². The third kappa shape index (κ3) is 4.51. The van der Waals surface area contributed by atoms with Crippen molar-refractivity contribution in [2.45, 2.75) is 76.5 Å². The minimum absolute atomic E-state index is 0.0820. The van der Waals surface area contributed by atoms with Crippen molar-refractivity contribution in [2.24, 2.45) is 5.41 Å². The van der Waals surface area contributed by atoms with Crippen molar-refractivity contribution in [3.63, 3.8) is 0 Å². The number of halogens is 2. The molecule has 1 aromatic rings. The van der Waals surface area contributed by atoms with Crippen LogP contribution in [0.1, 0.15) is 57.9 Å². The average Bonchev–Trinajstić information content (AvgIpc) is 2.81. The second kappa shape index (κ2) is 7.43. The zero-order chi connectivity index (χ0) is 20.7. The molecule has 0 radical (unpaired) electrons. The van der Waals surface area contributed by atoms with E-state index in [2.05, 4.69) is 0 Å². The van der Waals surface area contributed by atoms with Crippen LogP contribution in [-0.2, 0) is 16.0 Å². The summed E-state index contributed by atoms with van der Waals surface area (Å²) in [7, 11) is 0. The normalized spacial score (nSPS) is 27.1. The molecule has 2 atom stereocenters. The van der Waals surface area contributed by atoms with E-state index in [1.165, 1.54) is 12.1 Å². The van der Waals surface area contributed by atoms with Crippen LogP contribution < -0.4 is 0 Å². The van der Waals surface area contributed by atoms with E-state index in [4.69, 9.17) is 5.11 Å². The fraction of sp³-hybridized carbons (Fsp3) is 0.619. The Labute approximate surface area is 163 Å². The number of hydrogen-bond donors (Lipinski definition) is 2. The van der Waals surface area contributed by atoms with E-state index in [1.807, 2.05) is 0 Å². The highest BCUT2D eigenvalue weighted by atomic mass is 19.1. The number of amides is 1. The van der Waals surface area contributed by atoms with Crippen molar-refractivity contribution in [3.05, 3.63) is 35.4 Å². The van der Waals surface area contributed by atoms with Gasteiger partial charge in [-0.25, -0.2) is 8.78 Å². The molecule has 2 bridgehead atoms. The van der Waals surface area contributed by atoms with E-state index >= 15 is 0 Å². The molecule has 2 N–H and O–H groups in total. The molecule has 5 nitrogen and oxygen atoms in total. The van der Waals surface area contributed by atoms with Gasteiger partial charge in [0.1, 0.15) is 11.6 Å². The van der Waals surface area contributed by atoms with Crippen molar-refractivity contribution in [3.8, 4) is 0 Å². The maximum Gasteiger partial charge on any atom is 0.303 e. The number of carbonyl (C=O) groups excluding carboxylic acids is 1. The summed E-state index contributed by atoms with van der Waals surface area (Å²) in [6, 6.07) is 3.08. The van der Waals surface area contributed by atoms with E-state index in [9.17, 15) is 23.5 Å². The standard InChI is InChI=1S/C21H27F2NO4/c1-20(2,12-19(26)27)11-18(25)24-15-5-6-16(24)10-21(28,9-15)8-13-3-4-14(22)7-17(13)23/h3-4,7,15-16,28H,5-6,8-12H2,1-2H3,(H,26,27). The van der Waals surface area contributed by atoms with Crippen molar-refractivity contribution >= 4 is 11.9 Å². The molecule has 154 valence electrons. The van der Waals surface area contributed by atoms with Gasteiger partial charge in [-0.05, 0) is 42.7 Å². The maximum atomic E-state index is 14.0. The van der Waals surface area contributed by atoms with Gasteiger partial charge in [0, 0.05) is 31.0 Å². The fourth-order valence-electron chi connectivity index (χ4n) is 4.87. The first-order valence-electron chi connectivity index (χ1n) is 9.67. The number of carboxylic acid groups (broad SMARTS) is 1. The number of carbonyl (C=O) groups is 2. The van der Waals surface area contributed by atoms with Crippen LogP contribution in [0.25, 0.3) is 0 Å². The summed E-state index contributed by atoms with van der Waals surface area (Å²) >= 11 is 0. The number of fused-ring (bicyclic) bond motifs is 2. The number of nitrogens with zero attached hydrogens (tertiary/aromatic N) is 1. The molecule has 0 aromatic heterocycles. The Hall–Kier alpha value is -2.02. The number of piperidine rings is 1. The number of rotatable bonds is 6. The smallest absolute Gasteiger partial charge is 0.303 e. The Kier molecular flexibility index (Phi) is 5.49. The molecule has 1 aromatic carbocycles. The first kappa shape index (κ1) is 20.7. The molecule has 2 aliphatic rings. The number of benzene rings is 1. The Morgan fingerprint density at radius 3 is 2.32 bits per heavy atom. The minimum Gasteiger partial charge on any atom is -0.481 e. The van der Waals surface area contributed by atoms with E-state index in [-0.39, 0.29) is 42.8 Å². The first-order chi connectivity index (χ1) is 13.0. The van der Waals surface area contributed by atoms with E-state index in [1.54, 1.807) is 18.7 Å². The number of hydrogen-bond acceptors (Lipinski definition) is 3. The SMILES string of the molecule is CC(C)(CC(=O)O)CC(=O)N1C2CCC1CC(O)(Cc1ccc(F)cc1F)C2. The highest BCUT2D eigenvalue weighted by Crippen LogP contribution is 2.43. The lowest BCUT2D eigenvalue weighted by molar-refractivity contribution is -0.145. The summed E-state index contributed by atoms with van der Waals surface area (Å²) < 4.78 is 27.1. The van der Waals surface area contributed by atoms with Gasteiger partial charge < -0.3 is 15.1 Å². The lowest BCUT2D eigenvalue weighted by atomic mass is 9.80. The third-order valence-electron chi connectivity index (χ3n) is 5.93. The highest BCUT2D eigenvalue weighted by Gasteiger charge is 2.49. The van der Waals surface area contributed by atoms with Crippen LogP contribution in [0.3, 0.4) is 0 Å². The van der Waals surface area contributed by atoms with Gasteiger partial charge in [-0.15, -0.1) is 0 Å². The summed E-state index contributed by atoms with van der Waals surface area (Å²) in [5, 5.41) is 20.1. The van der Waals surface area contributed by atoms with Gasteiger partial charge in [0.2, 0.25) is 5.91 Å². The van der Waals surface area contributed by atoms with Crippen molar-refractivity contribution in [1.29, 1.82) is 0 Å². The Morgan fingerprint density at radius 2 is 1.79 bits per heavy atom. The summed E-state index contributed by atoms with van der Waals surface area (Å²) in [5.41, 5.74) is -1.52. The molecular formula is C21H27F2NO4. The van der Waals surface area contributed by atoms with Gasteiger partial charge in [0.15, 0.2) is 0 Å². The second-order valence-electron chi connectivity index (χ2n) is 9.14. The fourth-order valence-corrected chi connectivity index (χ4v) is 4.87. The molecule has 2 aliphatic heterocycles. The van der Waals surface area contributed by atoms with Gasteiger partial charge in [-0.2, -0.15) is 0 Å². The summed E-state index contributed by atoms with van der Waals surface area (Å²) in [6.07, 6.45) is 2.34. The van der Waals surface area contributed by atoms with Crippen LogP contribution in [0.4, 0.5) is 8.78 Å². The number of aliphatic hydroxyl groups is 1. The molecule has 3 rings (SSSR count). The zero-order valence-electron chi connectivity index (χ0n) is 16.3. The lowest BCUT2D eigenvalue weighted by Gasteiger charge is -2.44. The summed E-state index contributed by atoms with van der Waals surface area (Å²) in [5.74, 6) is -2.35. The topological polar surface area (TPSA) is 77.8 Å². The van der Waals surface area contributed by atoms with Gasteiger partial charge >= 0.3 is 5.97 Å². The summed E-state index contributed by atoms with van der Waals surface area (Å²) in [4.78, 5) is 25.7. The molecular weight excluding hydrogens is 368 g/mol. The predicted molar refractivity (Wildman–Crippen MR) is 98.6 cm³/mol. The van der Waals surface area contributed by atoms with Crippen LogP contribution in [-0.4, -0.2) is 44.7 Å². The van der Waals surface area contributed by atoms with Gasteiger partial charge in [-0.3, -0.25) is 9.59 Å². The Balaban J connectivity index is 1.69. The molecule has 2 fully saturated rings. The van der Waals surface area contributed by atoms with Gasteiger partial charge in [0.25, 0.3) is 0 Å². The largest absolute Gasteiger partial charge is 0.481 e. The van der Waals surface area contributed by atoms with Crippen molar-refractivity contribution in [1.82, 2.24) is 4.90 Å². The number of aliphatic carboxylic acids is 1. The average molecular weight is 395 g/mol.